The van der Waals surface area contributed by atoms with Crippen molar-refractivity contribution in [3.63, 3.8) is 0 Å². The highest BCUT2D eigenvalue weighted by molar-refractivity contribution is 5.30. The SMILES string of the molecule is c1nc(NCC2CCCN2)nc2c1COC2. The van der Waals surface area contributed by atoms with Gasteiger partial charge in [0.15, 0.2) is 0 Å². The first-order valence-electron chi connectivity index (χ1n) is 5.81. The lowest BCUT2D eigenvalue weighted by atomic mass is 10.2. The number of fused-ring (bicyclic) bond motifs is 1. The number of anilines is 1. The molecule has 1 fully saturated rings. The minimum Gasteiger partial charge on any atom is -0.370 e. The summed E-state index contributed by atoms with van der Waals surface area (Å²) in [5.41, 5.74) is 2.14. The number of nitrogens with one attached hydrogen (secondary N) is 2. The van der Waals surface area contributed by atoms with Crippen molar-refractivity contribution in [2.24, 2.45) is 0 Å². The molecule has 2 N–H and O–H groups in total. The van der Waals surface area contributed by atoms with Gasteiger partial charge in [-0.2, -0.15) is 0 Å². The molecular formula is C11H16N4O. The first-order valence-corrected chi connectivity index (χ1v) is 5.81. The van der Waals surface area contributed by atoms with Gasteiger partial charge in [-0.25, -0.2) is 9.97 Å². The monoisotopic (exact) mass is 220 g/mol. The fourth-order valence-corrected chi connectivity index (χ4v) is 2.18. The predicted molar refractivity (Wildman–Crippen MR) is 60.0 cm³/mol. The standard InChI is InChI=1S/C11H16N4O/c1-2-9(12-3-1)5-14-11-13-4-8-6-16-7-10(8)15-11/h4,9,12H,1-3,5-7H2,(H,13,14,15). The largest absolute Gasteiger partial charge is 0.370 e. The Morgan fingerprint density at radius 1 is 1.50 bits per heavy atom. The first-order chi connectivity index (χ1) is 7.92. The van der Waals surface area contributed by atoms with Gasteiger partial charge in [-0.3, -0.25) is 0 Å². The Labute approximate surface area is 94.6 Å². The number of hydrogen-bond donors (Lipinski definition) is 2. The van der Waals surface area contributed by atoms with E-state index in [0.29, 0.717) is 19.3 Å². The maximum atomic E-state index is 5.31. The van der Waals surface area contributed by atoms with Crippen molar-refractivity contribution >= 4 is 5.95 Å². The molecule has 2 aliphatic rings. The molecular weight excluding hydrogens is 204 g/mol. The van der Waals surface area contributed by atoms with Gasteiger partial charge in [0.25, 0.3) is 0 Å². The van der Waals surface area contributed by atoms with Crippen molar-refractivity contribution in [2.45, 2.75) is 32.1 Å². The van der Waals surface area contributed by atoms with Gasteiger partial charge in [-0.15, -0.1) is 0 Å². The van der Waals surface area contributed by atoms with Gasteiger partial charge in [0, 0.05) is 24.3 Å². The summed E-state index contributed by atoms with van der Waals surface area (Å²) < 4.78 is 5.31. The second kappa shape index (κ2) is 4.35. The average Bonchev–Trinajstić information content (AvgIpc) is 2.97. The lowest BCUT2D eigenvalue weighted by Gasteiger charge is -2.11. The summed E-state index contributed by atoms with van der Waals surface area (Å²) in [6.45, 7) is 3.30. The molecule has 16 heavy (non-hydrogen) atoms. The molecule has 0 bridgehead atoms. The fraction of sp³-hybridized carbons (Fsp3) is 0.636. The van der Waals surface area contributed by atoms with Gasteiger partial charge in [-0.1, -0.05) is 0 Å². The molecule has 86 valence electrons. The normalized spacial score (nSPS) is 23.4. The van der Waals surface area contributed by atoms with Crippen LogP contribution in [0, 0.1) is 0 Å². The van der Waals surface area contributed by atoms with Crippen LogP contribution in [0.15, 0.2) is 6.20 Å². The number of rotatable bonds is 3. The number of aromatic nitrogens is 2. The van der Waals surface area contributed by atoms with Crippen LogP contribution >= 0.6 is 0 Å². The van der Waals surface area contributed by atoms with E-state index in [0.717, 1.165) is 30.3 Å². The van der Waals surface area contributed by atoms with E-state index in [1.165, 1.54) is 12.8 Å². The summed E-state index contributed by atoms with van der Waals surface area (Å²) in [6, 6.07) is 0.563. The number of hydrogen-bond acceptors (Lipinski definition) is 5. The van der Waals surface area contributed by atoms with Crippen molar-refractivity contribution < 1.29 is 4.74 Å². The second-order valence-corrected chi connectivity index (χ2v) is 4.33. The summed E-state index contributed by atoms with van der Waals surface area (Å²) in [4.78, 5) is 8.72. The summed E-state index contributed by atoms with van der Waals surface area (Å²) in [6.07, 6.45) is 4.37. The van der Waals surface area contributed by atoms with Crippen LogP contribution in [0.25, 0.3) is 0 Å². The summed E-state index contributed by atoms with van der Waals surface area (Å²) >= 11 is 0. The Hall–Kier alpha value is -1.20. The molecule has 3 rings (SSSR count). The third-order valence-electron chi connectivity index (χ3n) is 3.12. The molecule has 5 nitrogen and oxygen atoms in total. The summed E-state index contributed by atoms with van der Waals surface area (Å²) in [7, 11) is 0. The van der Waals surface area contributed by atoms with Crippen LogP contribution in [0.4, 0.5) is 5.95 Å². The molecule has 1 aromatic heterocycles. The first kappa shape index (κ1) is 9.99. The van der Waals surface area contributed by atoms with Crippen LogP contribution < -0.4 is 10.6 Å². The lowest BCUT2D eigenvalue weighted by Crippen LogP contribution is -2.29. The molecule has 1 saturated heterocycles. The van der Waals surface area contributed by atoms with Crippen molar-refractivity contribution in [3.8, 4) is 0 Å². The van der Waals surface area contributed by atoms with Crippen molar-refractivity contribution in [3.05, 3.63) is 17.5 Å². The molecule has 1 aromatic rings. The number of ether oxygens (including phenoxy) is 1. The van der Waals surface area contributed by atoms with Gasteiger partial charge in [0.05, 0.1) is 18.9 Å². The third-order valence-corrected chi connectivity index (χ3v) is 3.12. The van der Waals surface area contributed by atoms with Crippen LogP contribution in [-0.4, -0.2) is 29.1 Å². The second-order valence-electron chi connectivity index (χ2n) is 4.33. The van der Waals surface area contributed by atoms with Crippen LogP contribution in [0.5, 0.6) is 0 Å². The molecule has 0 aliphatic carbocycles. The molecule has 3 heterocycles. The third kappa shape index (κ3) is 2.01. The molecule has 0 aromatic carbocycles. The fourth-order valence-electron chi connectivity index (χ4n) is 2.18. The zero-order valence-corrected chi connectivity index (χ0v) is 9.20. The minimum absolute atomic E-state index is 0.563. The van der Waals surface area contributed by atoms with Crippen molar-refractivity contribution in [1.82, 2.24) is 15.3 Å². The van der Waals surface area contributed by atoms with Gasteiger partial charge in [-0.05, 0) is 19.4 Å². The van der Waals surface area contributed by atoms with Crippen LogP contribution in [0.3, 0.4) is 0 Å². The summed E-state index contributed by atoms with van der Waals surface area (Å²) in [5.74, 6) is 0.720. The molecule has 1 unspecified atom stereocenters. The maximum Gasteiger partial charge on any atom is 0.223 e. The summed E-state index contributed by atoms with van der Waals surface area (Å²) in [5, 5.41) is 6.71. The Bertz CT molecular complexity index is 376. The lowest BCUT2D eigenvalue weighted by molar-refractivity contribution is 0.133. The Kier molecular flexibility index (Phi) is 2.71. The molecule has 0 radical (unpaired) electrons. The molecule has 2 aliphatic heterocycles. The average molecular weight is 220 g/mol. The van der Waals surface area contributed by atoms with Crippen molar-refractivity contribution in [2.75, 3.05) is 18.4 Å². The molecule has 0 saturated carbocycles. The predicted octanol–water partition coefficient (Wildman–Crippen LogP) is 0.671. The Balaban J connectivity index is 1.61. The molecule has 1 atom stereocenters. The highest BCUT2D eigenvalue weighted by Gasteiger charge is 2.16. The zero-order valence-electron chi connectivity index (χ0n) is 9.20. The minimum atomic E-state index is 0.563. The highest BCUT2D eigenvalue weighted by atomic mass is 16.5. The van der Waals surface area contributed by atoms with E-state index in [2.05, 4.69) is 20.6 Å². The molecule has 0 amide bonds. The van der Waals surface area contributed by atoms with E-state index in [1.807, 2.05) is 6.20 Å². The van der Waals surface area contributed by atoms with E-state index < -0.39 is 0 Å². The van der Waals surface area contributed by atoms with Gasteiger partial charge < -0.3 is 15.4 Å². The Morgan fingerprint density at radius 2 is 2.50 bits per heavy atom. The van der Waals surface area contributed by atoms with E-state index in [9.17, 15) is 0 Å². The molecule has 0 spiro atoms. The highest BCUT2D eigenvalue weighted by Crippen LogP contribution is 2.17. The van der Waals surface area contributed by atoms with Gasteiger partial charge >= 0.3 is 0 Å². The maximum absolute atomic E-state index is 5.31. The van der Waals surface area contributed by atoms with Gasteiger partial charge in [0.2, 0.25) is 5.95 Å². The van der Waals surface area contributed by atoms with Gasteiger partial charge in [0.1, 0.15) is 0 Å². The smallest absolute Gasteiger partial charge is 0.223 e. The number of nitrogens with zero attached hydrogens (tertiary/aromatic N) is 2. The zero-order chi connectivity index (χ0) is 10.8. The molecule has 5 heteroatoms. The van der Waals surface area contributed by atoms with E-state index in [1.54, 1.807) is 0 Å². The van der Waals surface area contributed by atoms with Crippen LogP contribution in [-0.2, 0) is 18.0 Å². The van der Waals surface area contributed by atoms with Crippen LogP contribution in [0.2, 0.25) is 0 Å². The quantitative estimate of drug-likeness (QED) is 0.784. The van der Waals surface area contributed by atoms with Crippen molar-refractivity contribution in [1.29, 1.82) is 0 Å². The van der Waals surface area contributed by atoms with E-state index >= 15 is 0 Å². The van der Waals surface area contributed by atoms with E-state index in [4.69, 9.17) is 4.74 Å². The topological polar surface area (TPSA) is 59.1 Å². The Morgan fingerprint density at radius 3 is 3.38 bits per heavy atom. The van der Waals surface area contributed by atoms with Crippen LogP contribution in [0.1, 0.15) is 24.1 Å². The van der Waals surface area contributed by atoms with E-state index in [-0.39, 0.29) is 0 Å².